The number of nitrogens with one attached hydrogen (secondary N) is 1. The molecule has 2 rings (SSSR count). The van der Waals surface area contributed by atoms with Gasteiger partial charge in [0.05, 0.1) is 11.5 Å². The van der Waals surface area contributed by atoms with Crippen molar-refractivity contribution in [3.63, 3.8) is 0 Å². The lowest BCUT2D eigenvalue weighted by atomic mass is 10.1. The summed E-state index contributed by atoms with van der Waals surface area (Å²) in [4.78, 5) is 23.9. The van der Waals surface area contributed by atoms with Crippen LogP contribution >= 0.6 is 0 Å². The molecule has 1 amide bonds. The number of carbonyl (C=O) groups excluding carboxylic acids is 1. The fourth-order valence-corrected chi connectivity index (χ4v) is 2.40. The van der Waals surface area contributed by atoms with E-state index in [9.17, 15) is 14.9 Å². The average molecular weight is 293 g/mol. The molecular weight excluding hydrogens is 274 g/mol. The zero-order valence-electron chi connectivity index (χ0n) is 11.9. The molecule has 0 aromatic heterocycles. The van der Waals surface area contributed by atoms with Gasteiger partial charge in [0.25, 0.3) is 5.69 Å². The van der Waals surface area contributed by atoms with E-state index in [1.165, 1.54) is 12.1 Å². The summed E-state index contributed by atoms with van der Waals surface area (Å²) in [5, 5.41) is 13.8. The normalized spacial score (nSPS) is 18.2. The summed E-state index contributed by atoms with van der Waals surface area (Å²) in [6.45, 7) is 1.63. The molecular formula is C14H19N3O4. The Labute approximate surface area is 123 Å². The van der Waals surface area contributed by atoms with E-state index in [0.717, 1.165) is 18.4 Å². The van der Waals surface area contributed by atoms with Crippen molar-refractivity contribution in [1.82, 2.24) is 10.2 Å². The summed E-state index contributed by atoms with van der Waals surface area (Å²) >= 11 is 0. The maximum absolute atomic E-state index is 11.9. The van der Waals surface area contributed by atoms with Gasteiger partial charge in [0.1, 0.15) is 6.17 Å². The number of nitrogens with zero attached hydrogens (tertiary/aromatic N) is 2. The zero-order chi connectivity index (χ0) is 15.2. The third-order valence-corrected chi connectivity index (χ3v) is 3.50. The lowest BCUT2D eigenvalue weighted by Crippen LogP contribution is -2.31. The van der Waals surface area contributed by atoms with Crippen molar-refractivity contribution in [2.75, 3.05) is 26.8 Å². The molecule has 1 aromatic carbocycles. The number of unbranched alkanes of at least 4 members (excludes halogenated alkanes) is 1. The van der Waals surface area contributed by atoms with Crippen LogP contribution in [0.25, 0.3) is 0 Å². The summed E-state index contributed by atoms with van der Waals surface area (Å²) in [5.74, 6) is 0.0516. The summed E-state index contributed by atoms with van der Waals surface area (Å²) in [6, 6.07) is 6.30. The summed E-state index contributed by atoms with van der Waals surface area (Å²) in [7, 11) is 1.66. The highest BCUT2D eigenvalue weighted by molar-refractivity contribution is 5.80. The molecule has 1 fully saturated rings. The van der Waals surface area contributed by atoms with Gasteiger partial charge < -0.3 is 9.64 Å². The van der Waals surface area contributed by atoms with E-state index in [1.54, 1.807) is 24.1 Å². The lowest BCUT2D eigenvalue weighted by Gasteiger charge is -2.24. The van der Waals surface area contributed by atoms with E-state index < -0.39 is 4.92 Å². The van der Waals surface area contributed by atoms with E-state index >= 15 is 0 Å². The second-order valence-corrected chi connectivity index (χ2v) is 4.92. The Balaban J connectivity index is 2.02. The molecule has 1 aliphatic rings. The van der Waals surface area contributed by atoms with Gasteiger partial charge in [-0.2, -0.15) is 0 Å². The maximum Gasteiger partial charge on any atom is 0.269 e. The van der Waals surface area contributed by atoms with Gasteiger partial charge in [-0.1, -0.05) is 0 Å². The number of nitro benzene ring substituents is 1. The number of nitro groups is 1. The van der Waals surface area contributed by atoms with Crippen LogP contribution in [0.3, 0.4) is 0 Å². The number of methoxy groups -OCH3 is 1. The molecule has 21 heavy (non-hydrogen) atoms. The van der Waals surface area contributed by atoms with Gasteiger partial charge in [-0.15, -0.1) is 0 Å². The van der Waals surface area contributed by atoms with E-state index in [0.29, 0.717) is 19.7 Å². The Bertz CT molecular complexity index is 503. The number of amides is 1. The number of hydrogen-bond acceptors (Lipinski definition) is 5. The van der Waals surface area contributed by atoms with Gasteiger partial charge in [0.2, 0.25) is 5.91 Å². The van der Waals surface area contributed by atoms with Crippen LogP contribution in [0.15, 0.2) is 24.3 Å². The number of benzene rings is 1. The maximum atomic E-state index is 11.9. The first-order chi connectivity index (χ1) is 10.1. The smallest absolute Gasteiger partial charge is 0.269 e. The fourth-order valence-electron chi connectivity index (χ4n) is 2.40. The molecule has 1 aromatic rings. The van der Waals surface area contributed by atoms with E-state index in [4.69, 9.17) is 4.74 Å². The predicted octanol–water partition coefficient (Wildman–Crippen LogP) is 1.45. The molecule has 0 spiro atoms. The molecule has 1 unspecified atom stereocenters. The molecule has 1 saturated heterocycles. The van der Waals surface area contributed by atoms with Crippen LogP contribution in [0.1, 0.15) is 24.6 Å². The second-order valence-electron chi connectivity index (χ2n) is 4.92. The van der Waals surface area contributed by atoms with Gasteiger partial charge in [-0.05, 0) is 30.5 Å². The Morgan fingerprint density at radius 3 is 2.71 bits per heavy atom. The lowest BCUT2D eigenvalue weighted by molar-refractivity contribution is -0.384. The van der Waals surface area contributed by atoms with Crippen molar-refractivity contribution in [2.24, 2.45) is 0 Å². The van der Waals surface area contributed by atoms with Crippen LogP contribution < -0.4 is 5.32 Å². The number of carbonyl (C=O) groups is 1. The Kier molecular flexibility index (Phi) is 5.24. The minimum atomic E-state index is -0.431. The molecule has 0 saturated carbocycles. The van der Waals surface area contributed by atoms with Crippen LogP contribution in [0.4, 0.5) is 5.69 Å². The second kappa shape index (κ2) is 7.14. The molecule has 0 aliphatic carbocycles. The molecule has 1 N–H and O–H groups in total. The first-order valence-corrected chi connectivity index (χ1v) is 6.89. The fraction of sp³-hybridized carbons (Fsp3) is 0.500. The highest BCUT2D eigenvalue weighted by Gasteiger charge is 2.31. The minimum absolute atomic E-state index is 0.0507. The molecule has 7 heteroatoms. The third-order valence-electron chi connectivity index (χ3n) is 3.50. The number of hydrogen-bond donors (Lipinski definition) is 1. The first kappa shape index (κ1) is 15.4. The molecule has 1 atom stereocenters. The van der Waals surface area contributed by atoms with Crippen LogP contribution in [0.5, 0.6) is 0 Å². The van der Waals surface area contributed by atoms with Crippen LogP contribution in [-0.4, -0.2) is 42.5 Å². The van der Waals surface area contributed by atoms with E-state index in [-0.39, 0.29) is 17.8 Å². The molecule has 114 valence electrons. The molecule has 0 bridgehead atoms. The highest BCUT2D eigenvalue weighted by Crippen LogP contribution is 2.24. The third kappa shape index (κ3) is 3.77. The topological polar surface area (TPSA) is 84.7 Å². The highest BCUT2D eigenvalue weighted by atomic mass is 16.6. The summed E-state index contributed by atoms with van der Waals surface area (Å²) in [5.41, 5.74) is 0.910. The zero-order valence-corrected chi connectivity index (χ0v) is 11.9. The van der Waals surface area contributed by atoms with Gasteiger partial charge in [0.15, 0.2) is 0 Å². The summed E-state index contributed by atoms with van der Waals surface area (Å²) < 4.78 is 5.00. The van der Waals surface area contributed by atoms with Crippen LogP contribution in [0.2, 0.25) is 0 Å². The Morgan fingerprint density at radius 2 is 2.10 bits per heavy atom. The Hall–Kier alpha value is -1.99. The first-order valence-electron chi connectivity index (χ1n) is 6.89. The standard InChI is InChI=1S/C14H19N3O4/c1-21-9-3-2-8-16-13(18)10-15-14(16)11-4-6-12(7-5-11)17(19)20/h4-7,14-15H,2-3,8-10H2,1H3. The molecule has 1 aliphatic heterocycles. The van der Waals surface area contributed by atoms with Gasteiger partial charge in [-0.25, -0.2) is 0 Å². The molecule has 1 heterocycles. The van der Waals surface area contributed by atoms with Crippen molar-refractivity contribution >= 4 is 11.6 Å². The SMILES string of the molecule is COCCCCN1C(=O)CNC1c1ccc([N+](=O)[O-])cc1. The van der Waals surface area contributed by atoms with Crippen molar-refractivity contribution in [2.45, 2.75) is 19.0 Å². The predicted molar refractivity (Wildman–Crippen MR) is 76.7 cm³/mol. The molecule has 0 radical (unpaired) electrons. The Morgan fingerprint density at radius 1 is 1.38 bits per heavy atom. The van der Waals surface area contributed by atoms with E-state index in [1.807, 2.05) is 0 Å². The molecule has 7 nitrogen and oxygen atoms in total. The quantitative estimate of drug-likeness (QED) is 0.467. The number of ether oxygens (including phenoxy) is 1. The van der Waals surface area contributed by atoms with Gasteiger partial charge >= 0.3 is 0 Å². The van der Waals surface area contributed by atoms with Gasteiger partial charge in [-0.3, -0.25) is 20.2 Å². The van der Waals surface area contributed by atoms with Crippen molar-refractivity contribution in [3.05, 3.63) is 39.9 Å². The van der Waals surface area contributed by atoms with E-state index in [2.05, 4.69) is 5.32 Å². The monoisotopic (exact) mass is 293 g/mol. The van der Waals surface area contributed by atoms with Gasteiger partial charge in [0, 0.05) is 32.4 Å². The average Bonchev–Trinajstić information content (AvgIpc) is 2.85. The number of non-ortho nitro benzene ring substituents is 1. The minimum Gasteiger partial charge on any atom is -0.385 e. The van der Waals surface area contributed by atoms with Crippen molar-refractivity contribution in [3.8, 4) is 0 Å². The largest absolute Gasteiger partial charge is 0.385 e. The summed E-state index contributed by atoms with van der Waals surface area (Å²) in [6.07, 6.45) is 1.55. The van der Waals surface area contributed by atoms with Crippen molar-refractivity contribution < 1.29 is 14.5 Å². The van der Waals surface area contributed by atoms with Crippen LogP contribution in [-0.2, 0) is 9.53 Å². The van der Waals surface area contributed by atoms with Crippen molar-refractivity contribution in [1.29, 1.82) is 0 Å². The number of rotatable bonds is 7. The van der Waals surface area contributed by atoms with Crippen LogP contribution in [0, 0.1) is 10.1 Å².